The molecule has 0 bridgehead atoms. The van der Waals surface area contributed by atoms with Crippen LogP contribution in [0.2, 0.25) is 0 Å². The quantitative estimate of drug-likeness (QED) is 0.419. The summed E-state index contributed by atoms with van der Waals surface area (Å²) in [5.41, 5.74) is 0. The average molecular weight is 159 g/mol. The summed E-state index contributed by atoms with van der Waals surface area (Å²) in [6, 6.07) is 0. The van der Waals surface area contributed by atoms with Crippen LogP contribution in [0.3, 0.4) is 0 Å². The lowest BCUT2D eigenvalue weighted by Gasteiger charge is -2.12. The van der Waals surface area contributed by atoms with Crippen molar-refractivity contribution in [1.82, 2.24) is 0 Å². The third-order valence-electron chi connectivity index (χ3n) is 1.30. The lowest BCUT2D eigenvalue weighted by molar-refractivity contribution is -0.130. The predicted octanol–water partition coefficient (Wildman–Crippen LogP) is 2.39. The molecule has 1 radical (unpaired) electrons. The first-order valence-electron chi connectivity index (χ1n) is 4.33. The number of ether oxygens (including phenoxy) is 2. The normalized spacial score (nSPS) is 13.4. The molecule has 0 spiro atoms. The van der Waals surface area contributed by atoms with Gasteiger partial charge in [-0.05, 0) is 19.8 Å². The van der Waals surface area contributed by atoms with Crippen LogP contribution in [0, 0.1) is 6.92 Å². The van der Waals surface area contributed by atoms with Crippen molar-refractivity contribution in [1.29, 1.82) is 0 Å². The van der Waals surface area contributed by atoms with Gasteiger partial charge in [0.1, 0.15) is 0 Å². The topological polar surface area (TPSA) is 18.5 Å². The molecule has 67 valence electrons. The van der Waals surface area contributed by atoms with Gasteiger partial charge < -0.3 is 9.47 Å². The first-order valence-corrected chi connectivity index (χ1v) is 4.33. The molecule has 1 atom stereocenters. The molecule has 0 saturated carbocycles. The van der Waals surface area contributed by atoms with Crippen molar-refractivity contribution in [3.8, 4) is 0 Å². The van der Waals surface area contributed by atoms with Crippen molar-refractivity contribution in [3.63, 3.8) is 0 Å². The van der Waals surface area contributed by atoms with Gasteiger partial charge in [-0.1, -0.05) is 20.3 Å². The van der Waals surface area contributed by atoms with E-state index < -0.39 is 0 Å². The number of hydrogen-bond acceptors (Lipinski definition) is 2. The maximum Gasteiger partial charge on any atom is 0.154 e. The molecule has 0 aliphatic rings. The van der Waals surface area contributed by atoms with E-state index in [0.29, 0.717) is 0 Å². The van der Waals surface area contributed by atoms with Crippen LogP contribution in [0.25, 0.3) is 0 Å². The van der Waals surface area contributed by atoms with Crippen molar-refractivity contribution in [2.24, 2.45) is 0 Å². The van der Waals surface area contributed by atoms with Crippen molar-refractivity contribution in [2.45, 2.75) is 39.4 Å². The van der Waals surface area contributed by atoms with Gasteiger partial charge in [-0.2, -0.15) is 0 Å². The Morgan fingerprint density at radius 3 is 2.45 bits per heavy atom. The van der Waals surface area contributed by atoms with Gasteiger partial charge in [-0.15, -0.1) is 0 Å². The Bertz CT molecular complexity index is 74.0. The molecule has 0 fully saturated rings. The third-order valence-corrected chi connectivity index (χ3v) is 1.30. The smallest absolute Gasteiger partial charge is 0.154 e. The summed E-state index contributed by atoms with van der Waals surface area (Å²) in [5, 5.41) is 0. The number of hydrogen-bond donors (Lipinski definition) is 0. The van der Waals surface area contributed by atoms with Gasteiger partial charge in [0.25, 0.3) is 0 Å². The van der Waals surface area contributed by atoms with Crippen LogP contribution in [0.15, 0.2) is 0 Å². The molecule has 0 heterocycles. The molecule has 0 rings (SSSR count). The van der Waals surface area contributed by atoms with Gasteiger partial charge in [0.15, 0.2) is 6.29 Å². The summed E-state index contributed by atoms with van der Waals surface area (Å²) in [4.78, 5) is 0. The largest absolute Gasteiger partial charge is 0.353 e. The summed E-state index contributed by atoms with van der Waals surface area (Å²) in [6.45, 7) is 9.28. The SMILES string of the molecule is [CH2]CCCOC(C)OCCC. The number of unbranched alkanes of at least 4 members (excludes halogenated alkanes) is 1. The van der Waals surface area contributed by atoms with E-state index in [0.717, 1.165) is 32.5 Å². The lowest BCUT2D eigenvalue weighted by Crippen LogP contribution is -2.14. The van der Waals surface area contributed by atoms with Gasteiger partial charge in [0, 0.05) is 13.2 Å². The molecule has 0 aromatic heterocycles. The van der Waals surface area contributed by atoms with Crippen LogP contribution in [0.1, 0.15) is 33.1 Å². The highest BCUT2D eigenvalue weighted by atomic mass is 16.7. The van der Waals surface area contributed by atoms with E-state index in [1.54, 1.807) is 0 Å². The predicted molar refractivity (Wildman–Crippen MR) is 46.2 cm³/mol. The van der Waals surface area contributed by atoms with Crippen LogP contribution >= 0.6 is 0 Å². The van der Waals surface area contributed by atoms with Crippen molar-refractivity contribution in [2.75, 3.05) is 13.2 Å². The minimum absolute atomic E-state index is 0.0542. The van der Waals surface area contributed by atoms with Gasteiger partial charge >= 0.3 is 0 Å². The molecule has 1 unspecified atom stereocenters. The second-order valence-electron chi connectivity index (χ2n) is 2.52. The van der Waals surface area contributed by atoms with Gasteiger partial charge in [0.2, 0.25) is 0 Å². The summed E-state index contributed by atoms with van der Waals surface area (Å²) < 4.78 is 10.6. The van der Waals surface area contributed by atoms with Crippen molar-refractivity contribution >= 4 is 0 Å². The van der Waals surface area contributed by atoms with Crippen LogP contribution in [0.5, 0.6) is 0 Å². The van der Waals surface area contributed by atoms with Crippen LogP contribution in [0.4, 0.5) is 0 Å². The maximum absolute atomic E-state index is 5.32. The minimum atomic E-state index is -0.0542. The fraction of sp³-hybridized carbons (Fsp3) is 0.889. The Hall–Kier alpha value is -0.0800. The first kappa shape index (κ1) is 10.9. The fourth-order valence-corrected chi connectivity index (χ4v) is 0.683. The highest BCUT2D eigenvalue weighted by molar-refractivity contribution is 4.40. The molecule has 0 aliphatic carbocycles. The Morgan fingerprint density at radius 2 is 1.91 bits per heavy atom. The number of rotatable bonds is 7. The fourth-order valence-electron chi connectivity index (χ4n) is 0.683. The second-order valence-corrected chi connectivity index (χ2v) is 2.52. The minimum Gasteiger partial charge on any atom is -0.353 e. The Labute approximate surface area is 69.9 Å². The van der Waals surface area contributed by atoms with E-state index in [4.69, 9.17) is 9.47 Å². The van der Waals surface area contributed by atoms with E-state index in [1.807, 2.05) is 6.92 Å². The van der Waals surface area contributed by atoms with E-state index in [-0.39, 0.29) is 6.29 Å². The monoisotopic (exact) mass is 159 g/mol. The zero-order chi connectivity index (χ0) is 8.53. The van der Waals surface area contributed by atoms with Crippen LogP contribution in [-0.4, -0.2) is 19.5 Å². The molecular weight excluding hydrogens is 140 g/mol. The van der Waals surface area contributed by atoms with Crippen molar-refractivity contribution < 1.29 is 9.47 Å². The Morgan fingerprint density at radius 1 is 1.27 bits per heavy atom. The average Bonchev–Trinajstić information content (AvgIpc) is 2.01. The summed E-state index contributed by atoms with van der Waals surface area (Å²) in [6.07, 6.45) is 2.94. The molecule has 2 heteroatoms. The summed E-state index contributed by atoms with van der Waals surface area (Å²) in [5.74, 6) is 0. The molecule has 11 heavy (non-hydrogen) atoms. The van der Waals surface area contributed by atoms with E-state index in [9.17, 15) is 0 Å². The summed E-state index contributed by atoms with van der Waals surface area (Å²) >= 11 is 0. The van der Waals surface area contributed by atoms with Crippen LogP contribution < -0.4 is 0 Å². The third kappa shape index (κ3) is 7.82. The molecule has 0 saturated heterocycles. The first-order chi connectivity index (χ1) is 5.31. The zero-order valence-electron chi connectivity index (χ0n) is 7.64. The molecular formula is C9H19O2. The zero-order valence-corrected chi connectivity index (χ0v) is 7.64. The van der Waals surface area contributed by atoms with E-state index >= 15 is 0 Å². The summed E-state index contributed by atoms with van der Waals surface area (Å²) in [7, 11) is 0. The highest BCUT2D eigenvalue weighted by Crippen LogP contribution is 1.96. The standard InChI is InChI=1S/C9H19O2/c1-4-6-8-11-9(3)10-7-5-2/h9H,1,4-8H2,2-3H3. The maximum atomic E-state index is 5.32. The molecule has 0 aromatic rings. The van der Waals surface area contributed by atoms with Gasteiger partial charge in [-0.25, -0.2) is 0 Å². The molecule has 0 aliphatic heterocycles. The van der Waals surface area contributed by atoms with Gasteiger partial charge in [0.05, 0.1) is 0 Å². The molecule has 0 amide bonds. The lowest BCUT2D eigenvalue weighted by atomic mass is 10.4. The van der Waals surface area contributed by atoms with E-state index in [2.05, 4.69) is 13.8 Å². The highest BCUT2D eigenvalue weighted by Gasteiger charge is 1.98. The molecule has 0 N–H and O–H groups in total. The molecule has 2 nitrogen and oxygen atoms in total. The van der Waals surface area contributed by atoms with Gasteiger partial charge in [-0.3, -0.25) is 0 Å². The van der Waals surface area contributed by atoms with E-state index in [1.165, 1.54) is 0 Å². The van der Waals surface area contributed by atoms with Crippen molar-refractivity contribution in [3.05, 3.63) is 6.92 Å². The van der Waals surface area contributed by atoms with Crippen LogP contribution in [-0.2, 0) is 9.47 Å². The second kappa shape index (κ2) is 8.02. The Kier molecular flexibility index (Phi) is 7.96. The Balaban J connectivity index is 3.02. The molecule has 0 aromatic carbocycles.